The Hall–Kier alpha value is -4.20. The molecule has 3 aromatic rings. The first-order chi connectivity index (χ1) is 15.4. The van der Waals surface area contributed by atoms with Crippen LogP contribution in [0.3, 0.4) is 0 Å². The van der Waals surface area contributed by atoms with E-state index in [-0.39, 0.29) is 17.0 Å². The van der Waals surface area contributed by atoms with Crippen molar-refractivity contribution >= 4 is 28.8 Å². The van der Waals surface area contributed by atoms with E-state index in [4.69, 9.17) is 9.47 Å². The molecule has 2 amide bonds. The topological polar surface area (TPSA) is 67.9 Å². The summed E-state index contributed by atoms with van der Waals surface area (Å²) in [4.78, 5) is 27.7. The number of amides is 2. The number of halogens is 2. The van der Waals surface area contributed by atoms with Gasteiger partial charge >= 0.3 is 0 Å². The van der Waals surface area contributed by atoms with Crippen molar-refractivity contribution in [1.29, 1.82) is 0 Å². The zero-order chi connectivity index (χ0) is 22.8. The Bertz CT molecular complexity index is 1240. The van der Waals surface area contributed by atoms with E-state index in [9.17, 15) is 18.4 Å². The molecule has 0 fully saturated rings. The lowest BCUT2D eigenvalue weighted by Crippen LogP contribution is -2.32. The molecule has 0 aromatic heterocycles. The number of hydrogen-bond donors (Lipinski definition) is 1. The van der Waals surface area contributed by atoms with E-state index in [1.807, 2.05) is 0 Å². The molecule has 162 valence electrons. The average Bonchev–Trinajstić information content (AvgIpc) is 3.05. The van der Waals surface area contributed by atoms with E-state index in [0.717, 1.165) is 17.0 Å². The van der Waals surface area contributed by atoms with Crippen molar-refractivity contribution in [1.82, 2.24) is 0 Å². The molecule has 4 rings (SSSR count). The predicted octanol–water partition coefficient (Wildman–Crippen LogP) is 4.38. The quantitative estimate of drug-likeness (QED) is 0.581. The van der Waals surface area contributed by atoms with Crippen LogP contribution >= 0.6 is 0 Å². The van der Waals surface area contributed by atoms with E-state index >= 15 is 0 Å². The van der Waals surface area contributed by atoms with Crippen LogP contribution in [0.2, 0.25) is 0 Å². The average molecular weight is 436 g/mol. The van der Waals surface area contributed by atoms with Crippen molar-refractivity contribution in [3.8, 4) is 11.5 Å². The summed E-state index contributed by atoms with van der Waals surface area (Å²) in [7, 11) is 2.99. The van der Waals surface area contributed by atoms with Crippen LogP contribution < -0.4 is 19.7 Å². The molecule has 0 radical (unpaired) electrons. The van der Waals surface area contributed by atoms with Gasteiger partial charge in [0.05, 0.1) is 25.5 Å². The van der Waals surface area contributed by atoms with Crippen LogP contribution in [0, 0.1) is 11.6 Å². The van der Waals surface area contributed by atoms with Crippen LogP contribution in [0.4, 0.5) is 20.2 Å². The highest BCUT2D eigenvalue weighted by atomic mass is 19.2. The van der Waals surface area contributed by atoms with E-state index in [0.29, 0.717) is 22.7 Å². The smallest absolute Gasteiger partial charge is 0.282 e. The first-order valence-electron chi connectivity index (χ1n) is 9.56. The van der Waals surface area contributed by atoms with E-state index in [1.54, 1.807) is 48.5 Å². The lowest BCUT2D eigenvalue weighted by Gasteiger charge is -2.16. The van der Waals surface area contributed by atoms with Gasteiger partial charge in [-0.1, -0.05) is 18.2 Å². The molecule has 8 heteroatoms. The van der Waals surface area contributed by atoms with Gasteiger partial charge in [-0.25, -0.2) is 13.7 Å². The molecule has 1 aliphatic rings. The summed E-state index contributed by atoms with van der Waals surface area (Å²) in [6.07, 6.45) is 0. The number of ether oxygens (including phenoxy) is 2. The third-order valence-corrected chi connectivity index (χ3v) is 4.96. The molecule has 6 nitrogen and oxygen atoms in total. The molecule has 0 aliphatic carbocycles. The highest BCUT2D eigenvalue weighted by Crippen LogP contribution is 2.35. The Labute approximate surface area is 182 Å². The van der Waals surface area contributed by atoms with Crippen LogP contribution in [-0.2, 0) is 9.59 Å². The summed E-state index contributed by atoms with van der Waals surface area (Å²) in [6, 6.07) is 16.2. The molecule has 0 saturated heterocycles. The first kappa shape index (κ1) is 21.0. The summed E-state index contributed by atoms with van der Waals surface area (Å²) in [6.45, 7) is 0. The summed E-state index contributed by atoms with van der Waals surface area (Å²) in [5.41, 5.74) is 0.921. The molecule has 0 unspecified atom stereocenters. The fourth-order valence-corrected chi connectivity index (χ4v) is 3.37. The number of carbonyl (C=O) groups is 2. The zero-order valence-corrected chi connectivity index (χ0v) is 17.2. The number of nitrogens with one attached hydrogen (secondary N) is 1. The Morgan fingerprint density at radius 3 is 2.16 bits per heavy atom. The second-order valence-corrected chi connectivity index (χ2v) is 6.88. The molecule has 1 aliphatic heterocycles. The fraction of sp³-hybridized carbons (Fsp3) is 0.0833. The van der Waals surface area contributed by atoms with Crippen molar-refractivity contribution in [2.75, 3.05) is 24.4 Å². The summed E-state index contributed by atoms with van der Waals surface area (Å²) in [5.74, 6) is -2.27. The number of benzene rings is 3. The Kier molecular flexibility index (Phi) is 5.59. The first-order valence-corrected chi connectivity index (χ1v) is 9.56. The van der Waals surface area contributed by atoms with Crippen LogP contribution in [0.1, 0.15) is 5.56 Å². The van der Waals surface area contributed by atoms with Gasteiger partial charge in [0.2, 0.25) is 0 Å². The Balaban J connectivity index is 1.81. The summed E-state index contributed by atoms with van der Waals surface area (Å²) >= 11 is 0. The van der Waals surface area contributed by atoms with Gasteiger partial charge in [0, 0.05) is 17.8 Å². The SMILES string of the molecule is COc1ccc(C2=C(Nc3ccc(F)c(F)c3)C(=O)N(c3cccc(OC)c3)C2=O)cc1. The standard InChI is InChI=1S/C24H18F2N2O4/c1-31-17-9-6-14(7-10-17)21-22(27-15-8-11-19(25)20(26)12-15)24(30)28(23(21)29)16-4-3-5-18(13-16)32-2/h3-13,27H,1-2H3. The van der Waals surface area contributed by atoms with Crippen molar-refractivity contribution in [3.63, 3.8) is 0 Å². The third-order valence-electron chi connectivity index (χ3n) is 4.96. The Morgan fingerprint density at radius 2 is 1.50 bits per heavy atom. The molecule has 1 N–H and O–H groups in total. The number of anilines is 2. The highest BCUT2D eigenvalue weighted by Gasteiger charge is 2.40. The van der Waals surface area contributed by atoms with Gasteiger partial charge in [-0.3, -0.25) is 9.59 Å². The van der Waals surface area contributed by atoms with Gasteiger partial charge in [-0.15, -0.1) is 0 Å². The highest BCUT2D eigenvalue weighted by molar-refractivity contribution is 6.46. The minimum Gasteiger partial charge on any atom is -0.497 e. The van der Waals surface area contributed by atoms with Gasteiger partial charge in [-0.2, -0.15) is 0 Å². The van der Waals surface area contributed by atoms with Crippen LogP contribution in [-0.4, -0.2) is 26.0 Å². The molecule has 0 bridgehead atoms. The molecule has 3 aromatic carbocycles. The largest absolute Gasteiger partial charge is 0.497 e. The van der Waals surface area contributed by atoms with E-state index in [2.05, 4.69) is 5.32 Å². The fourth-order valence-electron chi connectivity index (χ4n) is 3.37. The molecule has 32 heavy (non-hydrogen) atoms. The van der Waals surface area contributed by atoms with E-state index in [1.165, 1.54) is 20.3 Å². The minimum atomic E-state index is -1.08. The van der Waals surface area contributed by atoms with Crippen molar-refractivity contribution in [2.24, 2.45) is 0 Å². The second kappa shape index (κ2) is 8.50. The molecular formula is C24H18F2N2O4. The predicted molar refractivity (Wildman–Crippen MR) is 115 cm³/mol. The zero-order valence-electron chi connectivity index (χ0n) is 17.2. The van der Waals surface area contributed by atoms with Gasteiger partial charge < -0.3 is 14.8 Å². The van der Waals surface area contributed by atoms with Gasteiger partial charge in [0.1, 0.15) is 17.2 Å². The van der Waals surface area contributed by atoms with Gasteiger partial charge in [0.25, 0.3) is 11.8 Å². The van der Waals surface area contributed by atoms with E-state index < -0.39 is 23.4 Å². The van der Waals surface area contributed by atoms with Crippen molar-refractivity contribution in [2.45, 2.75) is 0 Å². The second-order valence-electron chi connectivity index (χ2n) is 6.88. The summed E-state index contributed by atoms with van der Waals surface area (Å²) < 4.78 is 37.4. The maximum atomic E-state index is 13.7. The number of methoxy groups -OCH3 is 2. The number of nitrogens with zero attached hydrogens (tertiary/aromatic N) is 1. The molecule has 0 spiro atoms. The van der Waals surface area contributed by atoms with Crippen molar-refractivity contribution < 1.29 is 27.8 Å². The maximum absolute atomic E-state index is 13.7. The molecular weight excluding hydrogens is 418 g/mol. The minimum absolute atomic E-state index is 0.0611. The van der Waals surface area contributed by atoms with Crippen LogP contribution in [0.5, 0.6) is 11.5 Å². The number of carbonyl (C=O) groups excluding carboxylic acids is 2. The maximum Gasteiger partial charge on any atom is 0.282 e. The molecule has 0 saturated carbocycles. The van der Waals surface area contributed by atoms with Gasteiger partial charge in [-0.05, 0) is 42.0 Å². The molecule has 0 atom stereocenters. The van der Waals surface area contributed by atoms with Crippen molar-refractivity contribution in [3.05, 3.63) is 89.6 Å². The third kappa shape index (κ3) is 3.78. The monoisotopic (exact) mass is 436 g/mol. The van der Waals surface area contributed by atoms with Crippen LogP contribution in [0.25, 0.3) is 5.57 Å². The lowest BCUT2D eigenvalue weighted by atomic mass is 10.0. The normalized spacial score (nSPS) is 13.6. The lowest BCUT2D eigenvalue weighted by molar-refractivity contribution is -0.120. The van der Waals surface area contributed by atoms with Crippen LogP contribution in [0.15, 0.2) is 72.4 Å². The molecule has 1 heterocycles. The number of imide groups is 1. The number of rotatable bonds is 6. The number of hydrogen-bond acceptors (Lipinski definition) is 5. The van der Waals surface area contributed by atoms with Gasteiger partial charge in [0.15, 0.2) is 11.6 Å². The summed E-state index contributed by atoms with van der Waals surface area (Å²) in [5, 5.41) is 2.79. The Morgan fingerprint density at radius 1 is 0.781 bits per heavy atom.